The molecule has 0 atom stereocenters. The van der Waals surface area contributed by atoms with Crippen molar-refractivity contribution in [2.45, 2.75) is 20.3 Å². The van der Waals surface area contributed by atoms with Gasteiger partial charge < -0.3 is 4.57 Å². The van der Waals surface area contributed by atoms with Crippen LogP contribution < -0.4 is 0 Å². The van der Waals surface area contributed by atoms with Crippen molar-refractivity contribution in [2.24, 2.45) is 0 Å². The maximum Gasteiger partial charge on any atom is 0.0708 e. The summed E-state index contributed by atoms with van der Waals surface area (Å²) < 4.78 is 5.04. The molecule has 0 unspecified atom stereocenters. The molecule has 13 rings (SSSR count). The molecule has 12 aromatic rings. The third-order valence-electron chi connectivity index (χ3n) is 13.0. The summed E-state index contributed by atoms with van der Waals surface area (Å²) in [4.78, 5) is 9.38. The quantitative estimate of drug-likeness (QED) is 0.167. The van der Waals surface area contributed by atoms with E-state index in [1.807, 2.05) is 49.7 Å². The van der Waals surface area contributed by atoms with E-state index in [1.54, 1.807) is 0 Å². The highest BCUT2D eigenvalue weighted by atomic mass is 32.1. The van der Waals surface area contributed by atoms with Crippen LogP contribution in [0.15, 0.2) is 213 Å². The van der Waals surface area contributed by atoms with Crippen molar-refractivity contribution in [3.8, 4) is 72.7 Å². The Morgan fingerprint density at radius 3 is 1.52 bits per heavy atom. The number of benzene rings is 8. The van der Waals surface area contributed by atoms with Gasteiger partial charge in [-0.15, -0.1) is 11.3 Å². The number of rotatable bonds is 6. The van der Waals surface area contributed by atoms with Crippen LogP contribution in [0.25, 0.3) is 115 Å². The summed E-state index contributed by atoms with van der Waals surface area (Å²) in [5.74, 6) is 0. The number of aromatic nitrogens is 3. The first-order valence-electron chi connectivity index (χ1n) is 22.5. The molecule has 0 amide bonds. The molecule has 4 aromatic heterocycles. The van der Waals surface area contributed by atoms with Gasteiger partial charge in [0.2, 0.25) is 0 Å². The lowest BCUT2D eigenvalue weighted by molar-refractivity contribution is 1.17. The molecule has 0 bridgehead atoms. The van der Waals surface area contributed by atoms with Gasteiger partial charge in [-0.3, -0.25) is 9.97 Å². The highest BCUT2D eigenvalue weighted by Crippen LogP contribution is 2.44. The van der Waals surface area contributed by atoms with E-state index in [0.717, 1.165) is 28.9 Å². The maximum absolute atomic E-state index is 4.70. The molecular weight excluding hydrogens is 807 g/mol. The minimum atomic E-state index is 0.938. The first-order valence-corrected chi connectivity index (χ1v) is 23.3. The van der Waals surface area contributed by atoms with Crippen LogP contribution in [-0.4, -0.2) is 14.5 Å². The van der Waals surface area contributed by atoms with Crippen molar-refractivity contribution >= 4 is 53.3 Å². The van der Waals surface area contributed by atoms with E-state index >= 15 is 0 Å². The second-order valence-corrected chi connectivity index (χ2v) is 17.6. The average Bonchev–Trinajstić information content (AvgIpc) is 4.05. The van der Waals surface area contributed by atoms with Crippen LogP contribution in [0, 0.1) is 0 Å². The largest absolute Gasteiger partial charge is 0.309 e. The molecule has 1 aliphatic carbocycles. The first kappa shape index (κ1) is 38.7. The van der Waals surface area contributed by atoms with Crippen molar-refractivity contribution in [3.05, 3.63) is 224 Å². The van der Waals surface area contributed by atoms with Gasteiger partial charge in [0.1, 0.15) is 0 Å². The Hall–Kier alpha value is -7.92. The minimum absolute atomic E-state index is 0.938. The fraction of sp³-hybridized carbons (Fsp3) is 0.0492. The van der Waals surface area contributed by atoms with E-state index in [0.29, 0.717) is 0 Å². The second-order valence-electron chi connectivity index (χ2n) is 16.5. The molecule has 0 radical (unpaired) electrons. The average molecular weight is 850 g/mol. The van der Waals surface area contributed by atoms with Gasteiger partial charge in [0.15, 0.2) is 0 Å². The molecular formula is C61H43N3S. The Balaban J connectivity index is 0.00000219. The zero-order valence-electron chi connectivity index (χ0n) is 36.2. The predicted octanol–water partition coefficient (Wildman–Crippen LogP) is 16.9. The summed E-state index contributed by atoms with van der Waals surface area (Å²) in [5, 5.41) is 5.07. The van der Waals surface area contributed by atoms with E-state index in [2.05, 4.69) is 198 Å². The summed E-state index contributed by atoms with van der Waals surface area (Å²) in [7, 11) is 0. The van der Waals surface area contributed by atoms with Crippen LogP contribution in [0.2, 0.25) is 0 Å². The highest BCUT2D eigenvalue weighted by Gasteiger charge is 2.22. The van der Waals surface area contributed by atoms with Crippen LogP contribution in [0.4, 0.5) is 0 Å². The molecule has 0 N–H and O–H groups in total. The van der Waals surface area contributed by atoms with Crippen molar-refractivity contribution in [3.63, 3.8) is 0 Å². The van der Waals surface area contributed by atoms with E-state index in [9.17, 15) is 0 Å². The molecule has 8 aromatic carbocycles. The van der Waals surface area contributed by atoms with Gasteiger partial charge >= 0.3 is 0 Å². The van der Waals surface area contributed by atoms with Crippen molar-refractivity contribution in [1.29, 1.82) is 0 Å². The van der Waals surface area contributed by atoms with Crippen molar-refractivity contribution < 1.29 is 0 Å². The molecule has 65 heavy (non-hydrogen) atoms. The zero-order valence-corrected chi connectivity index (χ0v) is 37.0. The number of pyridine rings is 2. The molecule has 308 valence electrons. The van der Waals surface area contributed by atoms with E-state index in [4.69, 9.17) is 4.98 Å². The number of fused-ring (bicyclic) bond motifs is 9. The van der Waals surface area contributed by atoms with E-state index in [-0.39, 0.29) is 0 Å². The number of hydrogen-bond donors (Lipinski definition) is 0. The molecule has 4 heteroatoms. The fourth-order valence-corrected chi connectivity index (χ4v) is 11.0. The molecule has 1 aliphatic rings. The van der Waals surface area contributed by atoms with Crippen LogP contribution >= 0.6 is 11.3 Å². The zero-order chi connectivity index (χ0) is 43.4. The summed E-state index contributed by atoms with van der Waals surface area (Å²) in [5.41, 5.74) is 20.4. The molecule has 0 fully saturated rings. The lowest BCUT2D eigenvalue weighted by atomic mass is 9.94. The van der Waals surface area contributed by atoms with E-state index in [1.165, 1.54) is 103 Å². The van der Waals surface area contributed by atoms with Gasteiger partial charge in [0.05, 0.1) is 22.4 Å². The lowest BCUT2D eigenvalue weighted by Gasteiger charge is -2.13. The third kappa shape index (κ3) is 6.56. The maximum atomic E-state index is 4.70. The van der Waals surface area contributed by atoms with Crippen molar-refractivity contribution in [1.82, 2.24) is 14.5 Å². The monoisotopic (exact) mass is 849 g/mol. The molecule has 0 saturated heterocycles. The Bertz CT molecular complexity index is 3770. The number of hydrogen-bond acceptors (Lipinski definition) is 3. The normalized spacial score (nSPS) is 11.8. The Morgan fingerprint density at radius 2 is 0.862 bits per heavy atom. The lowest BCUT2D eigenvalue weighted by Crippen LogP contribution is -1.95. The summed E-state index contributed by atoms with van der Waals surface area (Å²) in [6.07, 6.45) is 4.67. The van der Waals surface area contributed by atoms with Gasteiger partial charge in [0, 0.05) is 60.2 Å². The van der Waals surface area contributed by atoms with Crippen LogP contribution in [0.5, 0.6) is 0 Å². The Morgan fingerprint density at radius 1 is 0.369 bits per heavy atom. The van der Waals surface area contributed by atoms with Gasteiger partial charge in [-0.25, -0.2) is 0 Å². The van der Waals surface area contributed by atoms with Crippen LogP contribution in [0.3, 0.4) is 0 Å². The van der Waals surface area contributed by atoms with Gasteiger partial charge in [-0.05, 0) is 147 Å². The van der Waals surface area contributed by atoms with Gasteiger partial charge in [-0.2, -0.15) is 0 Å². The molecule has 0 aliphatic heterocycles. The number of para-hydroxylation sites is 1. The predicted molar refractivity (Wildman–Crippen MR) is 276 cm³/mol. The third-order valence-corrected chi connectivity index (χ3v) is 14.1. The standard InChI is InChI=1S/C59H37N3S.C2H6/c1-3-13-46(54-16-7-9-29-60-54)44(11-1)41-20-19-39-31-40-21-25-43(36-50(40)49(39)34-41)62-56-18-6-5-15-48(56)51-32-37(22-26-57(51)62)38-23-27-58-52(33-38)53-35-42(24-28-59(53)63-58)45-12-2-4-14-47(45)55-17-8-10-30-61-55;1-2/h1-30,32-36H,31H2;1-2H3. The van der Waals surface area contributed by atoms with Crippen LogP contribution in [0.1, 0.15) is 25.0 Å². The summed E-state index contributed by atoms with van der Waals surface area (Å²) in [6.45, 7) is 4.00. The molecule has 0 spiro atoms. The Kier molecular flexibility index (Phi) is 9.54. The summed E-state index contributed by atoms with van der Waals surface area (Å²) >= 11 is 1.86. The Labute approximate surface area is 382 Å². The van der Waals surface area contributed by atoms with Gasteiger partial charge in [-0.1, -0.05) is 129 Å². The van der Waals surface area contributed by atoms with Crippen LogP contribution in [-0.2, 0) is 6.42 Å². The minimum Gasteiger partial charge on any atom is -0.309 e. The highest BCUT2D eigenvalue weighted by molar-refractivity contribution is 7.25. The number of nitrogens with zero attached hydrogens (tertiary/aromatic N) is 3. The fourth-order valence-electron chi connectivity index (χ4n) is 9.98. The SMILES string of the molecule is CC.c1ccc(-c2ccccc2-c2ccc3c(c2)-c2cc(-n4c5ccccc5c5cc(-c6ccc7sc8ccc(-c9ccccc9-c9ccccn9)cc8c7c6)ccc54)ccc2C3)nc1. The summed E-state index contributed by atoms with van der Waals surface area (Å²) in [6, 6.07) is 73.2. The van der Waals surface area contributed by atoms with Gasteiger partial charge in [0.25, 0.3) is 0 Å². The molecule has 3 nitrogen and oxygen atoms in total. The first-order chi connectivity index (χ1) is 32.2. The second kappa shape index (κ2) is 16.0. The molecule has 4 heterocycles. The molecule has 0 saturated carbocycles. The smallest absolute Gasteiger partial charge is 0.0708 e. The topological polar surface area (TPSA) is 30.7 Å². The number of thiophene rings is 1. The van der Waals surface area contributed by atoms with E-state index < -0.39 is 0 Å². The van der Waals surface area contributed by atoms with Crippen molar-refractivity contribution in [2.75, 3.05) is 0 Å².